The minimum atomic E-state index is -4.43. The van der Waals surface area contributed by atoms with Crippen molar-refractivity contribution in [2.75, 3.05) is 6.54 Å². The van der Waals surface area contributed by atoms with Gasteiger partial charge in [0.25, 0.3) is 0 Å². The number of hydrogen-bond acceptors (Lipinski definition) is 2. The van der Waals surface area contributed by atoms with Crippen LogP contribution in [0.1, 0.15) is 23.5 Å². The second-order valence-electron chi connectivity index (χ2n) is 3.65. The fourth-order valence-electron chi connectivity index (χ4n) is 1.52. The quantitative estimate of drug-likeness (QED) is 0.857. The molecule has 0 aliphatic heterocycles. The summed E-state index contributed by atoms with van der Waals surface area (Å²) in [6, 6.07) is 4.59. The number of nitrogens with two attached hydrogens (primary N) is 1. The van der Waals surface area contributed by atoms with Gasteiger partial charge >= 0.3 is 12.1 Å². The van der Waals surface area contributed by atoms with Crippen LogP contribution in [0.4, 0.5) is 13.2 Å². The van der Waals surface area contributed by atoms with Crippen molar-refractivity contribution >= 4 is 5.97 Å². The molecule has 0 saturated heterocycles. The van der Waals surface area contributed by atoms with Crippen LogP contribution < -0.4 is 5.73 Å². The summed E-state index contributed by atoms with van der Waals surface area (Å²) in [5.41, 5.74) is 4.87. The molecule has 3 N–H and O–H groups in total. The average Bonchev–Trinajstić information content (AvgIpc) is 2.24. The molecule has 94 valence electrons. The molecule has 0 heterocycles. The number of hydrogen-bond donors (Lipinski definition) is 2. The van der Waals surface area contributed by atoms with E-state index in [2.05, 4.69) is 0 Å². The van der Waals surface area contributed by atoms with Crippen LogP contribution in [-0.4, -0.2) is 17.6 Å². The highest BCUT2D eigenvalue weighted by atomic mass is 19.4. The van der Waals surface area contributed by atoms with Crippen LogP contribution in [0.2, 0.25) is 0 Å². The van der Waals surface area contributed by atoms with Gasteiger partial charge in [0.1, 0.15) is 0 Å². The van der Waals surface area contributed by atoms with Crippen molar-refractivity contribution in [1.82, 2.24) is 0 Å². The zero-order valence-electron chi connectivity index (χ0n) is 8.87. The second-order valence-corrected chi connectivity index (χ2v) is 3.65. The molecule has 0 unspecified atom stereocenters. The van der Waals surface area contributed by atoms with Crippen LogP contribution in [0, 0.1) is 0 Å². The highest BCUT2D eigenvalue weighted by Gasteiger charge is 2.31. The van der Waals surface area contributed by atoms with E-state index >= 15 is 0 Å². The number of carbonyl (C=O) groups is 1. The Labute approximate surface area is 96.0 Å². The van der Waals surface area contributed by atoms with E-state index in [4.69, 9.17) is 10.8 Å². The zero-order valence-corrected chi connectivity index (χ0v) is 8.87. The molecule has 0 saturated carbocycles. The SMILES string of the molecule is NC[C@@H](CC(=O)O)c1cccc(C(F)(F)F)c1. The fraction of sp³-hybridized carbons (Fsp3) is 0.364. The summed E-state index contributed by atoms with van der Waals surface area (Å²) in [4.78, 5) is 10.5. The van der Waals surface area contributed by atoms with Crippen LogP contribution >= 0.6 is 0 Å². The lowest BCUT2D eigenvalue weighted by molar-refractivity contribution is -0.138. The number of rotatable bonds is 4. The Morgan fingerprint density at radius 2 is 2.06 bits per heavy atom. The van der Waals surface area contributed by atoms with E-state index in [-0.39, 0.29) is 13.0 Å². The Morgan fingerprint density at radius 3 is 2.53 bits per heavy atom. The van der Waals surface area contributed by atoms with Gasteiger partial charge < -0.3 is 10.8 Å². The fourth-order valence-corrected chi connectivity index (χ4v) is 1.52. The molecule has 0 aliphatic carbocycles. The van der Waals surface area contributed by atoms with Gasteiger partial charge in [0, 0.05) is 5.92 Å². The molecule has 1 rings (SSSR count). The number of aliphatic carboxylic acids is 1. The summed E-state index contributed by atoms with van der Waals surface area (Å²) in [5.74, 6) is -1.69. The smallest absolute Gasteiger partial charge is 0.416 e. The summed E-state index contributed by atoms with van der Waals surface area (Å²) >= 11 is 0. The molecule has 1 atom stereocenters. The summed E-state index contributed by atoms with van der Waals surface area (Å²) in [6.07, 6.45) is -4.71. The summed E-state index contributed by atoms with van der Waals surface area (Å²) in [6.45, 7) is -0.00634. The highest BCUT2D eigenvalue weighted by Crippen LogP contribution is 2.31. The Bertz CT molecular complexity index is 404. The number of alkyl halides is 3. The van der Waals surface area contributed by atoms with Crippen LogP contribution in [-0.2, 0) is 11.0 Å². The largest absolute Gasteiger partial charge is 0.481 e. The van der Waals surface area contributed by atoms with E-state index in [9.17, 15) is 18.0 Å². The molecular weight excluding hydrogens is 235 g/mol. The van der Waals surface area contributed by atoms with Gasteiger partial charge in [0.15, 0.2) is 0 Å². The molecule has 1 aromatic carbocycles. The first-order valence-corrected chi connectivity index (χ1v) is 4.93. The normalized spacial score (nSPS) is 13.4. The van der Waals surface area contributed by atoms with Crippen molar-refractivity contribution < 1.29 is 23.1 Å². The lowest BCUT2D eigenvalue weighted by Crippen LogP contribution is -2.17. The van der Waals surface area contributed by atoms with E-state index in [1.54, 1.807) is 0 Å². The summed E-state index contributed by atoms with van der Waals surface area (Å²) in [5, 5.41) is 8.63. The van der Waals surface area contributed by atoms with Crippen molar-refractivity contribution in [3.05, 3.63) is 35.4 Å². The first-order valence-electron chi connectivity index (χ1n) is 4.93. The minimum Gasteiger partial charge on any atom is -0.481 e. The van der Waals surface area contributed by atoms with E-state index in [0.717, 1.165) is 12.1 Å². The molecule has 1 aromatic rings. The lowest BCUT2D eigenvalue weighted by Gasteiger charge is -2.15. The third-order valence-electron chi connectivity index (χ3n) is 2.39. The van der Waals surface area contributed by atoms with Gasteiger partial charge in [-0.1, -0.05) is 18.2 Å². The predicted molar refractivity (Wildman–Crippen MR) is 55.5 cm³/mol. The standard InChI is InChI=1S/C11H12F3NO2/c12-11(13,14)9-3-1-2-7(4-9)8(6-15)5-10(16)17/h1-4,8H,5-6,15H2,(H,16,17)/t8-/m1/s1. The van der Waals surface area contributed by atoms with Gasteiger partial charge in [-0.15, -0.1) is 0 Å². The highest BCUT2D eigenvalue weighted by molar-refractivity contribution is 5.68. The Hall–Kier alpha value is -1.56. The maximum atomic E-state index is 12.5. The number of benzene rings is 1. The van der Waals surface area contributed by atoms with Crippen molar-refractivity contribution in [3.63, 3.8) is 0 Å². The van der Waals surface area contributed by atoms with Crippen LogP contribution in [0.5, 0.6) is 0 Å². The van der Waals surface area contributed by atoms with Crippen LogP contribution in [0.15, 0.2) is 24.3 Å². The lowest BCUT2D eigenvalue weighted by atomic mass is 9.94. The van der Waals surface area contributed by atoms with E-state index < -0.39 is 23.6 Å². The van der Waals surface area contributed by atoms with Gasteiger partial charge in [-0.2, -0.15) is 13.2 Å². The number of halogens is 3. The van der Waals surface area contributed by atoms with Crippen LogP contribution in [0.3, 0.4) is 0 Å². The van der Waals surface area contributed by atoms with Crippen molar-refractivity contribution in [2.45, 2.75) is 18.5 Å². The minimum absolute atomic E-state index is 0.00634. The topological polar surface area (TPSA) is 63.3 Å². The molecule has 0 amide bonds. The van der Waals surface area contributed by atoms with E-state index in [1.165, 1.54) is 12.1 Å². The summed E-state index contributed by atoms with van der Waals surface area (Å²) < 4.78 is 37.4. The Morgan fingerprint density at radius 1 is 1.41 bits per heavy atom. The number of carboxylic acid groups (broad SMARTS) is 1. The molecule has 0 aliphatic rings. The van der Waals surface area contributed by atoms with Gasteiger partial charge in [-0.25, -0.2) is 0 Å². The third-order valence-corrected chi connectivity index (χ3v) is 2.39. The first kappa shape index (κ1) is 13.5. The van der Waals surface area contributed by atoms with Crippen molar-refractivity contribution in [3.8, 4) is 0 Å². The van der Waals surface area contributed by atoms with E-state index in [1.807, 2.05) is 0 Å². The maximum Gasteiger partial charge on any atom is 0.416 e. The Balaban J connectivity index is 3.01. The average molecular weight is 247 g/mol. The molecule has 6 heteroatoms. The van der Waals surface area contributed by atoms with Gasteiger partial charge in [-0.3, -0.25) is 4.79 Å². The summed E-state index contributed by atoms with van der Waals surface area (Å²) in [7, 11) is 0. The van der Waals surface area contributed by atoms with Gasteiger partial charge in [-0.05, 0) is 18.2 Å². The molecule has 0 fully saturated rings. The Kier molecular flexibility index (Phi) is 4.11. The van der Waals surface area contributed by atoms with Crippen molar-refractivity contribution in [1.29, 1.82) is 0 Å². The monoisotopic (exact) mass is 247 g/mol. The van der Waals surface area contributed by atoms with Gasteiger partial charge in [0.05, 0.1) is 12.0 Å². The molecule has 0 spiro atoms. The van der Waals surface area contributed by atoms with Gasteiger partial charge in [0.2, 0.25) is 0 Å². The predicted octanol–water partition coefficient (Wildman–Crippen LogP) is 2.22. The van der Waals surface area contributed by atoms with Crippen molar-refractivity contribution in [2.24, 2.45) is 5.73 Å². The molecule has 3 nitrogen and oxygen atoms in total. The molecule has 0 bridgehead atoms. The molecule has 17 heavy (non-hydrogen) atoms. The number of carboxylic acids is 1. The van der Waals surface area contributed by atoms with Crippen LogP contribution in [0.25, 0.3) is 0 Å². The maximum absolute atomic E-state index is 12.5. The van der Waals surface area contributed by atoms with E-state index in [0.29, 0.717) is 5.56 Å². The third kappa shape index (κ3) is 3.74. The zero-order chi connectivity index (χ0) is 13.1. The molecular formula is C11H12F3NO2. The molecule has 0 aromatic heterocycles. The first-order chi connectivity index (χ1) is 7.84. The second kappa shape index (κ2) is 5.18. The molecule has 0 radical (unpaired) electrons.